The van der Waals surface area contributed by atoms with Gasteiger partial charge in [0.2, 0.25) is 0 Å². The monoisotopic (exact) mass is 440 g/mol. The van der Waals surface area contributed by atoms with E-state index in [1.807, 2.05) is 82.3 Å². The van der Waals surface area contributed by atoms with Gasteiger partial charge >= 0.3 is 12.2 Å². The summed E-state index contributed by atoms with van der Waals surface area (Å²) in [6.45, 7) is 8.75. The van der Waals surface area contributed by atoms with Crippen molar-refractivity contribution < 1.29 is 23.8 Å². The second-order valence-electron chi connectivity index (χ2n) is 8.95. The highest BCUT2D eigenvalue weighted by atomic mass is 16.6. The molecule has 3 rings (SSSR count). The van der Waals surface area contributed by atoms with Crippen molar-refractivity contribution in [3.8, 4) is 5.75 Å². The van der Waals surface area contributed by atoms with Crippen molar-refractivity contribution in [2.24, 2.45) is 0 Å². The van der Waals surface area contributed by atoms with Gasteiger partial charge in [-0.3, -0.25) is 0 Å². The van der Waals surface area contributed by atoms with Gasteiger partial charge < -0.3 is 24.4 Å². The van der Waals surface area contributed by atoms with Crippen LogP contribution in [0.2, 0.25) is 0 Å². The van der Waals surface area contributed by atoms with Crippen LogP contribution in [0.3, 0.4) is 0 Å². The lowest BCUT2D eigenvalue weighted by Crippen LogP contribution is -2.34. The Labute approximate surface area is 189 Å². The fourth-order valence-corrected chi connectivity index (χ4v) is 3.40. The van der Waals surface area contributed by atoms with Crippen LogP contribution in [0.15, 0.2) is 54.6 Å². The first-order valence-corrected chi connectivity index (χ1v) is 10.9. The zero-order chi connectivity index (χ0) is 23.1. The number of likely N-dealkylation sites (tertiary alicyclic amines) is 1. The van der Waals surface area contributed by atoms with Crippen LogP contribution >= 0.6 is 0 Å². The SMILES string of the molecule is C[C@H](NC(=O)OC(C)(C)C)c1ccc(OC2CCN(C(=O)OCc3ccccc3)C2)cc1. The molecule has 0 aliphatic carbocycles. The van der Waals surface area contributed by atoms with E-state index < -0.39 is 11.7 Å². The maximum Gasteiger partial charge on any atom is 0.410 e. The first kappa shape index (κ1) is 23.4. The van der Waals surface area contributed by atoms with Gasteiger partial charge in [0.05, 0.1) is 12.6 Å². The molecule has 0 bridgehead atoms. The van der Waals surface area contributed by atoms with Gasteiger partial charge in [-0.2, -0.15) is 0 Å². The van der Waals surface area contributed by atoms with E-state index in [9.17, 15) is 9.59 Å². The zero-order valence-corrected chi connectivity index (χ0v) is 19.2. The Hall–Kier alpha value is -3.22. The summed E-state index contributed by atoms with van der Waals surface area (Å²) in [6, 6.07) is 17.0. The van der Waals surface area contributed by atoms with Gasteiger partial charge in [-0.15, -0.1) is 0 Å². The number of nitrogens with zero attached hydrogens (tertiary/aromatic N) is 1. The summed E-state index contributed by atoms with van der Waals surface area (Å²) in [6.07, 6.45) is -0.103. The van der Waals surface area contributed by atoms with E-state index in [2.05, 4.69) is 5.32 Å². The second kappa shape index (κ2) is 10.4. The molecule has 0 spiro atoms. The average Bonchev–Trinajstić information content (AvgIpc) is 3.20. The number of nitrogens with one attached hydrogen (secondary N) is 1. The largest absolute Gasteiger partial charge is 0.489 e. The highest BCUT2D eigenvalue weighted by Crippen LogP contribution is 2.22. The van der Waals surface area contributed by atoms with Crippen molar-refractivity contribution in [3.63, 3.8) is 0 Å². The Morgan fingerprint density at radius 2 is 1.78 bits per heavy atom. The van der Waals surface area contributed by atoms with Crippen LogP contribution in [-0.2, 0) is 16.1 Å². The van der Waals surface area contributed by atoms with E-state index in [1.165, 1.54) is 0 Å². The van der Waals surface area contributed by atoms with Crippen molar-refractivity contribution in [1.29, 1.82) is 0 Å². The Kier molecular flexibility index (Phi) is 7.62. The topological polar surface area (TPSA) is 77.1 Å². The molecule has 1 fully saturated rings. The summed E-state index contributed by atoms with van der Waals surface area (Å²) in [5, 5.41) is 2.83. The minimum absolute atomic E-state index is 0.0811. The van der Waals surface area contributed by atoms with Gasteiger partial charge in [-0.1, -0.05) is 42.5 Å². The van der Waals surface area contributed by atoms with Gasteiger partial charge in [-0.05, 0) is 51.0 Å². The first-order chi connectivity index (χ1) is 15.2. The number of rotatable bonds is 6. The number of hydrogen-bond acceptors (Lipinski definition) is 5. The molecule has 1 N–H and O–H groups in total. The summed E-state index contributed by atoms with van der Waals surface area (Å²) >= 11 is 0. The molecule has 1 aliphatic rings. The number of carbonyl (C=O) groups excluding carboxylic acids is 2. The second-order valence-corrected chi connectivity index (χ2v) is 8.95. The number of amides is 2. The van der Waals surface area contributed by atoms with Gasteiger partial charge in [0.1, 0.15) is 24.1 Å². The number of carbonyl (C=O) groups is 2. The summed E-state index contributed by atoms with van der Waals surface area (Å²) in [5.74, 6) is 0.725. The molecule has 2 amide bonds. The van der Waals surface area contributed by atoms with Crippen molar-refractivity contribution in [3.05, 3.63) is 65.7 Å². The predicted octanol–water partition coefficient (Wildman–Crippen LogP) is 5.06. The molecule has 1 saturated heterocycles. The molecule has 32 heavy (non-hydrogen) atoms. The fraction of sp³-hybridized carbons (Fsp3) is 0.440. The van der Waals surface area contributed by atoms with E-state index in [-0.39, 0.29) is 24.8 Å². The van der Waals surface area contributed by atoms with Gasteiger partial charge in [0, 0.05) is 13.0 Å². The Morgan fingerprint density at radius 1 is 1.09 bits per heavy atom. The van der Waals surface area contributed by atoms with Gasteiger partial charge in [0.15, 0.2) is 0 Å². The highest BCUT2D eigenvalue weighted by molar-refractivity contribution is 5.68. The molecule has 7 nitrogen and oxygen atoms in total. The van der Waals surface area contributed by atoms with E-state index in [0.717, 1.165) is 23.3 Å². The standard InChI is InChI=1S/C25H32N2O5/c1-18(26-23(28)32-25(2,3)4)20-10-12-21(13-11-20)31-22-14-15-27(16-22)24(29)30-17-19-8-6-5-7-9-19/h5-13,18,22H,14-17H2,1-4H3,(H,26,28)/t18-,22?/m0/s1. The van der Waals surface area contributed by atoms with Crippen LogP contribution in [0.5, 0.6) is 5.75 Å². The van der Waals surface area contributed by atoms with Crippen molar-refractivity contribution in [1.82, 2.24) is 10.2 Å². The molecule has 0 aromatic heterocycles. The molecule has 0 radical (unpaired) electrons. The summed E-state index contributed by atoms with van der Waals surface area (Å²) in [4.78, 5) is 25.9. The smallest absolute Gasteiger partial charge is 0.410 e. The lowest BCUT2D eigenvalue weighted by atomic mass is 10.1. The van der Waals surface area contributed by atoms with E-state index in [4.69, 9.17) is 14.2 Å². The normalized spacial score (nSPS) is 16.9. The van der Waals surface area contributed by atoms with Gasteiger partial charge in [-0.25, -0.2) is 9.59 Å². The van der Waals surface area contributed by atoms with Crippen LogP contribution in [0, 0.1) is 0 Å². The highest BCUT2D eigenvalue weighted by Gasteiger charge is 2.28. The Morgan fingerprint density at radius 3 is 2.44 bits per heavy atom. The molecule has 1 unspecified atom stereocenters. The van der Waals surface area contributed by atoms with Crippen LogP contribution < -0.4 is 10.1 Å². The third-order valence-electron chi connectivity index (χ3n) is 5.02. The fourth-order valence-electron chi connectivity index (χ4n) is 3.40. The van der Waals surface area contributed by atoms with Crippen LogP contribution in [0.4, 0.5) is 9.59 Å². The quantitative estimate of drug-likeness (QED) is 0.679. The molecule has 1 heterocycles. The molecular weight excluding hydrogens is 408 g/mol. The van der Waals surface area contributed by atoms with E-state index >= 15 is 0 Å². The first-order valence-electron chi connectivity index (χ1n) is 10.9. The molecule has 7 heteroatoms. The molecule has 1 aliphatic heterocycles. The van der Waals surface area contributed by atoms with Crippen LogP contribution in [-0.4, -0.2) is 41.9 Å². The number of ether oxygens (including phenoxy) is 3. The van der Waals surface area contributed by atoms with Gasteiger partial charge in [0.25, 0.3) is 0 Å². The lowest BCUT2D eigenvalue weighted by Gasteiger charge is -2.22. The van der Waals surface area contributed by atoms with Crippen molar-refractivity contribution >= 4 is 12.2 Å². The third kappa shape index (κ3) is 7.18. The minimum atomic E-state index is -0.537. The average molecular weight is 441 g/mol. The van der Waals surface area contributed by atoms with Crippen molar-refractivity contribution in [2.45, 2.75) is 58.5 Å². The predicted molar refractivity (Wildman–Crippen MR) is 121 cm³/mol. The Balaban J connectivity index is 1.44. The van der Waals surface area contributed by atoms with Crippen molar-refractivity contribution in [2.75, 3.05) is 13.1 Å². The molecule has 2 aromatic rings. The number of hydrogen-bond donors (Lipinski definition) is 1. The summed E-state index contributed by atoms with van der Waals surface area (Å²) in [7, 11) is 0. The van der Waals surface area contributed by atoms with E-state index in [1.54, 1.807) is 4.90 Å². The molecule has 0 saturated carbocycles. The zero-order valence-electron chi connectivity index (χ0n) is 19.2. The number of alkyl carbamates (subject to hydrolysis) is 1. The maximum absolute atomic E-state index is 12.3. The number of benzene rings is 2. The Bertz CT molecular complexity index is 893. The maximum atomic E-state index is 12.3. The minimum Gasteiger partial charge on any atom is -0.489 e. The molecular formula is C25H32N2O5. The van der Waals surface area contributed by atoms with Crippen LogP contribution in [0.1, 0.15) is 51.3 Å². The molecule has 2 aromatic carbocycles. The summed E-state index contributed by atoms with van der Waals surface area (Å²) in [5.41, 5.74) is 1.37. The summed E-state index contributed by atoms with van der Waals surface area (Å²) < 4.78 is 16.7. The lowest BCUT2D eigenvalue weighted by molar-refractivity contribution is 0.0508. The molecule has 2 atom stereocenters. The third-order valence-corrected chi connectivity index (χ3v) is 5.02. The molecule has 172 valence electrons. The van der Waals surface area contributed by atoms with E-state index in [0.29, 0.717) is 13.1 Å². The van der Waals surface area contributed by atoms with Crippen LogP contribution in [0.25, 0.3) is 0 Å².